The van der Waals surface area contributed by atoms with Crippen LogP contribution in [0.25, 0.3) is 0 Å². The molecule has 2 aromatic carbocycles. The van der Waals surface area contributed by atoms with E-state index in [1.165, 1.54) is 12.1 Å². The summed E-state index contributed by atoms with van der Waals surface area (Å²) < 4.78 is 46.9. The van der Waals surface area contributed by atoms with E-state index in [0.29, 0.717) is 5.56 Å². The van der Waals surface area contributed by atoms with Crippen LogP contribution < -0.4 is 9.46 Å². The summed E-state index contributed by atoms with van der Waals surface area (Å²) in [6.45, 7) is 9.43. The highest BCUT2D eigenvalue weighted by Crippen LogP contribution is 2.32. The van der Waals surface area contributed by atoms with Crippen LogP contribution >= 0.6 is 0 Å². The summed E-state index contributed by atoms with van der Waals surface area (Å²) >= 11 is 0. The molecule has 0 spiro atoms. The Morgan fingerprint density at radius 3 is 2.19 bits per heavy atom. The first kappa shape index (κ1) is 20.4. The largest absolute Gasteiger partial charge is 0.496 e. The number of methoxy groups -OCH3 is 1. The maximum absolute atomic E-state index is 13.3. The Hall–Kier alpha value is -1.92. The highest BCUT2D eigenvalue weighted by molar-refractivity contribution is 7.89. The first-order valence-electron chi connectivity index (χ1n) is 8.53. The van der Waals surface area contributed by atoms with Gasteiger partial charge >= 0.3 is 0 Å². The second-order valence-corrected chi connectivity index (χ2v) is 8.54. The zero-order chi connectivity index (χ0) is 19.6. The van der Waals surface area contributed by atoms with Crippen LogP contribution in [-0.2, 0) is 10.0 Å². The van der Waals surface area contributed by atoms with Crippen molar-refractivity contribution < 1.29 is 17.5 Å². The van der Waals surface area contributed by atoms with E-state index in [9.17, 15) is 12.8 Å². The molecule has 0 unspecified atom stereocenters. The van der Waals surface area contributed by atoms with Gasteiger partial charge in [0.15, 0.2) is 0 Å². The molecular weight excluding hydrogens is 353 g/mol. The number of hydrogen-bond acceptors (Lipinski definition) is 3. The lowest BCUT2D eigenvalue weighted by molar-refractivity contribution is 0.406. The second-order valence-electron chi connectivity index (χ2n) is 6.86. The van der Waals surface area contributed by atoms with Crippen LogP contribution in [-0.4, -0.2) is 15.5 Å². The van der Waals surface area contributed by atoms with Gasteiger partial charge in [-0.25, -0.2) is 17.5 Å². The third-order valence-electron chi connectivity index (χ3n) is 4.47. The van der Waals surface area contributed by atoms with Crippen LogP contribution in [0, 0.1) is 19.7 Å². The zero-order valence-corrected chi connectivity index (χ0v) is 16.9. The molecule has 26 heavy (non-hydrogen) atoms. The number of ether oxygens (including phenoxy) is 1. The fourth-order valence-electron chi connectivity index (χ4n) is 3.08. The first-order chi connectivity index (χ1) is 12.1. The van der Waals surface area contributed by atoms with Crippen molar-refractivity contribution in [2.24, 2.45) is 0 Å². The van der Waals surface area contributed by atoms with Crippen LogP contribution in [0.1, 0.15) is 55.0 Å². The molecule has 0 amide bonds. The molecule has 0 fully saturated rings. The van der Waals surface area contributed by atoms with Gasteiger partial charge in [-0.3, -0.25) is 0 Å². The Balaban J connectivity index is 2.40. The van der Waals surface area contributed by atoms with Crippen molar-refractivity contribution in [2.75, 3.05) is 7.11 Å². The summed E-state index contributed by atoms with van der Waals surface area (Å²) in [5.74, 6) is 0.584. The first-order valence-corrected chi connectivity index (χ1v) is 10.0. The Bertz CT molecular complexity index is 908. The summed E-state index contributed by atoms with van der Waals surface area (Å²) in [5, 5.41) is 0. The molecule has 2 rings (SSSR count). The van der Waals surface area contributed by atoms with Crippen molar-refractivity contribution in [1.29, 1.82) is 0 Å². The fraction of sp³-hybridized carbons (Fsp3) is 0.400. The van der Waals surface area contributed by atoms with E-state index < -0.39 is 21.9 Å². The van der Waals surface area contributed by atoms with Crippen molar-refractivity contribution in [3.63, 3.8) is 0 Å². The van der Waals surface area contributed by atoms with Crippen LogP contribution in [0.15, 0.2) is 35.2 Å². The van der Waals surface area contributed by atoms with Gasteiger partial charge in [0.2, 0.25) is 10.0 Å². The maximum atomic E-state index is 13.3. The van der Waals surface area contributed by atoms with Gasteiger partial charge in [0.1, 0.15) is 11.6 Å². The van der Waals surface area contributed by atoms with Crippen molar-refractivity contribution in [2.45, 2.75) is 51.5 Å². The van der Waals surface area contributed by atoms with Gasteiger partial charge in [-0.2, -0.15) is 0 Å². The van der Waals surface area contributed by atoms with Gasteiger partial charge < -0.3 is 4.74 Å². The Kier molecular flexibility index (Phi) is 6.09. The average Bonchev–Trinajstić information content (AvgIpc) is 2.53. The van der Waals surface area contributed by atoms with E-state index in [2.05, 4.69) is 18.6 Å². The second kappa shape index (κ2) is 7.76. The molecule has 0 radical (unpaired) electrons. The molecule has 0 aliphatic heterocycles. The molecule has 0 saturated heterocycles. The monoisotopic (exact) mass is 379 g/mol. The third kappa shape index (κ3) is 4.24. The lowest BCUT2D eigenvalue weighted by Crippen LogP contribution is -2.28. The summed E-state index contributed by atoms with van der Waals surface area (Å²) in [6, 6.07) is 7.14. The predicted octanol–water partition coefficient (Wildman–Crippen LogP) is 4.61. The highest BCUT2D eigenvalue weighted by Gasteiger charge is 2.23. The van der Waals surface area contributed by atoms with Gasteiger partial charge in [0.05, 0.1) is 12.0 Å². The van der Waals surface area contributed by atoms with Gasteiger partial charge in [0, 0.05) is 6.04 Å². The normalized spacial score (nSPS) is 13.1. The number of halogens is 1. The molecule has 4 nitrogen and oxygen atoms in total. The SMILES string of the molecule is COc1cc(C)c([C@@H](C)NS(=O)(=O)c2ccc(F)cc2C)cc1C(C)C. The highest BCUT2D eigenvalue weighted by atomic mass is 32.2. The third-order valence-corrected chi connectivity index (χ3v) is 6.17. The lowest BCUT2D eigenvalue weighted by Gasteiger charge is -2.21. The molecule has 1 atom stereocenters. The number of benzene rings is 2. The number of hydrogen-bond donors (Lipinski definition) is 1. The van der Waals surface area contributed by atoms with Crippen LogP contribution in [0.3, 0.4) is 0 Å². The zero-order valence-electron chi connectivity index (χ0n) is 16.1. The molecular formula is C20H26FNO3S. The van der Waals surface area contributed by atoms with E-state index in [0.717, 1.165) is 28.5 Å². The number of nitrogens with one attached hydrogen (secondary N) is 1. The molecule has 6 heteroatoms. The summed E-state index contributed by atoms with van der Waals surface area (Å²) in [7, 11) is -2.14. The summed E-state index contributed by atoms with van der Waals surface area (Å²) in [5.41, 5.74) is 3.23. The molecule has 1 N–H and O–H groups in total. The summed E-state index contributed by atoms with van der Waals surface area (Å²) in [4.78, 5) is 0.0843. The van der Waals surface area contributed by atoms with Crippen molar-refractivity contribution in [3.8, 4) is 5.75 Å². The van der Waals surface area contributed by atoms with E-state index >= 15 is 0 Å². The minimum Gasteiger partial charge on any atom is -0.496 e. The van der Waals surface area contributed by atoms with Crippen molar-refractivity contribution in [1.82, 2.24) is 4.72 Å². The quantitative estimate of drug-likeness (QED) is 0.797. The topological polar surface area (TPSA) is 55.4 Å². The van der Waals surface area contributed by atoms with Crippen LogP contribution in [0.2, 0.25) is 0 Å². The molecule has 0 aliphatic carbocycles. The van der Waals surface area contributed by atoms with Gasteiger partial charge in [-0.1, -0.05) is 13.8 Å². The van der Waals surface area contributed by atoms with Crippen molar-refractivity contribution >= 4 is 10.0 Å². The maximum Gasteiger partial charge on any atom is 0.241 e. The molecule has 0 aliphatic rings. The summed E-state index contributed by atoms with van der Waals surface area (Å²) in [6.07, 6.45) is 0. The van der Waals surface area contributed by atoms with Gasteiger partial charge in [-0.05, 0) is 79.3 Å². The number of rotatable bonds is 6. The number of sulfonamides is 1. The van der Waals surface area contributed by atoms with Gasteiger partial charge in [-0.15, -0.1) is 0 Å². The van der Waals surface area contributed by atoms with Gasteiger partial charge in [0.25, 0.3) is 0 Å². The van der Waals surface area contributed by atoms with E-state index in [-0.39, 0.29) is 10.8 Å². The average molecular weight is 379 g/mol. The van der Waals surface area contributed by atoms with Crippen molar-refractivity contribution in [3.05, 3.63) is 58.4 Å². The van der Waals surface area contributed by atoms with Crippen LogP contribution in [0.5, 0.6) is 5.75 Å². The Morgan fingerprint density at radius 2 is 1.65 bits per heavy atom. The van der Waals surface area contributed by atoms with Crippen LogP contribution in [0.4, 0.5) is 4.39 Å². The fourth-order valence-corrected chi connectivity index (χ4v) is 4.53. The predicted molar refractivity (Wildman–Crippen MR) is 102 cm³/mol. The minimum atomic E-state index is -3.77. The molecule has 0 aromatic heterocycles. The molecule has 0 heterocycles. The molecule has 2 aromatic rings. The number of aryl methyl sites for hydroxylation is 2. The van der Waals surface area contributed by atoms with E-state index in [4.69, 9.17) is 4.74 Å². The minimum absolute atomic E-state index is 0.0843. The lowest BCUT2D eigenvalue weighted by atomic mass is 9.94. The molecule has 0 bridgehead atoms. The Labute approximate surface area is 155 Å². The van der Waals surface area contributed by atoms with E-state index in [1.54, 1.807) is 21.0 Å². The standard InChI is InChI=1S/C20H26FNO3S/c1-12(2)17-11-18(13(3)10-19(17)25-6)15(5)22-26(23,24)20-8-7-16(21)9-14(20)4/h7-12,15,22H,1-6H3/t15-/m1/s1. The smallest absolute Gasteiger partial charge is 0.241 e. The molecule has 0 saturated carbocycles. The molecule has 142 valence electrons. The van der Waals surface area contributed by atoms with E-state index in [1.807, 2.05) is 19.1 Å². The Morgan fingerprint density at radius 1 is 1.00 bits per heavy atom.